The predicted octanol–water partition coefficient (Wildman–Crippen LogP) is 5.08. The Morgan fingerprint density at radius 2 is 1.97 bits per heavy atom. The van der Waals surface area contributed by atoms with Crippen molar-refractivity contribution >= 4 is 33.5 Å². The summed E-state index contributed by atoms with van der Waals surface area (Å²) < 4.78 is 11.8. The molecule has 1 atom stereocenters. The van der Waals surface area contributed by atoms with Crippen LogP contribution in [0, 0.1) is 0 Å². The SMILES string of the molecule is COc1ccc(/C=C/C(=O)N2CCCCC2c2nc3ccccc3s2)cc1OC. The lowest BCUT2D eigenvalue weighted by Crippen LogP contribution is -2.37. The molecule has 0 aliphatic carbocycles. The van der Waals surface area contributed by atoms with Crippen LogP contribution < -0.4 is 9.47 Å². The Hall–Kier alpha value is -2.86. The Labute approximate surface area is 174 Å². The van der Waals surface area contributed by atoms with Gasteiger partial charge >= 0.3 is 0 Å². The number of aromatic nitrogens is 1. The van der Waals surface area contributed by atoms with Crippen LogP contribution in [0.4, 0.5) is 0 Å². The second-order valence-corrected chi connectivity index (χ2v) is 8.07. The number of nitrogens with zero attached hydrogens (tertiary/aromatic N) is 2. The first-order valence-electron chi connectivity index (χ1n) is 9.76. The van der Waals surface area contributed by atoms with E-state index < -0.39 is 0 Å². The summed E-state index contributed by atoms with van der Waals surface area (Å²) in [6, 6.07) is 13.8. The predicted molar refractivity (Wildman–Crippen MR) is 117 cm³/mol. The molecule has 0 saturated carbocycles. The maximum Gasteiger partial charge on any atom is 0.247 e. The fraction of sp³-hybridized carbons (Fsp3) is 0.304. The van der Waals surface area contributed by atoms with Crippen LogP contribution in [0.1, 0.15) is 35.9 Å². The molecule has 4 rings (SSSR count). The molecule has 1 aliphatic rings. The van der Waals surface area contributed by atoms with Gasteiger partial charge in [-0.15, -0.1) is 11.3 Å². The van der Waals surface area contributed by atoms with Crippen molar-refractivity contribution in [3.05, 3.63) is 59.1 Å². The van der Waals surface area contributed by atoms with E-state index in [0.717, 1.165) is 41.9 Å². The number of hydrogen-bond acceptors (Lipinski definition) is 5. The molecule has 5 nitrogen and oxygen atoms in total. The van der Waals surface area contributed by atoms with Gasteiger partial charge in [-0.1, -0.05) is 18.2 Å². The van der Waals surface area contributed by atoms with Crippen molar-refractivity contribution in [3.8, 4) is 11.5 Å². The lowest BCUT2D eigenvalue weighted by Gasteiger charge is -2.33. The molecule has 1 saturated heterocycles. The number of thiazole rings is 1. The van der Waals surface area contributed by atoms with Crippen molar-refractivity contribution in [2.24, 2.45) is 0 Å². The smallest absolute Gasteiger partial charge is 0.247 e. The van der Waals surface area contributed by atoms with E-state index >= 15 is 0 Å². The third-order valence-electron chi connectivity index (χ3n) is 5.21. The summed E-state index contributed by atoms with van der Waals surface area (Å²) in [5, 5.41) is 1.03. The number of amides is 1. The van der Waals surface area contributed by atoms with Gasteiger partial charge in [0.2, 0.25) is 5.91 Å². The van der Waals surface area contributed by atoms with E-state index in [-0.39, 0.29) is 11.9 Å². The fourth-order valence-electron chi connectivity index (χ4n) is 3.70. The van der Waals surface area contributed by atoms with Gasteiger partial charge in [-0.2, -0.15) is 0 Å². The molecule has 1 aliphatic heterocycles. The summed E-state index contributed by atoms with van der Waals surface area (Å²) in [6.07, 6.45) is 6.57. The summed E-state index contributed by atoms with van der Waals surface area (Å²) in [7, 11) is 3.21. The Balaban J connectivity index is 1.55. The molecule has 2 aromatic carbocycles. The highest BCUT2D eigenvalue weighted by molar-refractivity contribution is 7.18. The normalized spacial score (nSPS) is 17.0. The number of carbonyl (C=O) groups excluding carboxylic acids is 1. The molecule has 0 N–H and O–H groups in total. The van der Waals surface area contributed by atoms with Gasteiger partial charge in [-0.25, -0.2) is 4.98 Å². The molecular weight excluding hydrogens is 384 g/mol. The second-order valence-electron chi connectivity index (χ2n) is 7.01. The zero-order valence-electron chi connectivity index (χ0n) is 16.6. The lowest BCUT2D eigenvalue weighted by atomic mass is 10.0. The third kappa shape index (κ3) is 4.12. The molecule has 6 heteroatoms. The van der Waals surface area contributed by atoms with E-state index in [9.17, 15) is 4.79 Å². The number of benzene rings is 2. The number of hydrogen-bond donors (Lipinski definition) is 0. The molecule has 1 unspecified atom stereocenters. The van der Waals surface area contributed by atoms with Crippen LogP contribution in [0.2, 0.25) is 0 Å². The number of para-hydroxylation sites is 1. The molecule has 1 aromatic heterocycles. The summed E-state index contributed by atoms with van der Waals surface area (Å²) in [5.41, 5.74) is 1.90. The van der Waals surface area contributed by atoms with Gasteiger partial charge in [0.25, 0.3) is 0 Å². The number of fused-ring (bicyclic) bond motifs is 1. The fourth-order valence-corrected chi connectivity index (χ4v) is 4.82. The minimum atomic E-state index is 0.0174. The molecule has 1 fully saturated rings. The van der Waals surface area contributed by atoms with Gasteiger partial charge in [0.05, 0.1) is 30.5 Å². The van der Waals surface area contributed by atoms with Crippen LogP contribution in [0.15, 0.2) is 48.5 Å². The molecule has 3 aromatic rings. The average molecular weight is 409 g/mol. The first-order chi connectivity index (χ1) is 14.2. The topological polar surface area (TPSA) is 51.7 Å². The van der Waals surface area contributed by atoms with E-state index in [1.54, 1.807) is 31.6 Å². The van der Waals surface area contributed by atoms with Crippen LogP contribution in [-0.2, 0) is 4.79 Å². The number of carbonyl (C=O) groups is 1. The second kappa shape index (κ2) is 8.66. The van der Waals surface area contributed by atoms with Gasteiger partial charge < -0.3 is 14.4 Å². The molecular formula is C23H24N2O3S. The number of ether oxygens (including phenoxy) is 2. The monoisotopic (exact) mass is 408 g/mol. The molecule has 0 radical (unpaired) electrons. The first kappa shape index (κ1) is 19.5. The Morgan fingerprint density at radius 3 is 2.76 bits per heavy atom. The molecule has 1 amide bonds. The summed E-state index contributed by atoms with van der Waals surface area (Å²) in [4.78, 5) is 19.8. The van der Waals surface area contributed by atoms with E-state index in [0.29, 0.717) is 11.5 Å². The zero-order valence-corrected chi connectivity index (χ0v) is 17.4. The Kier molecular flexibility index (Phi) is 5.81. The maximum atomic E-state index is 13.0. The minimum absolute atomic E-state index is 0.0174. The molecule has 0 bridgehead atoms. The van der Waals surface area contributed by atoms with Crippen molar-refractivity contribution in [2.75, 3.05) is 20.8 Å². The number of rotatable bonds is 5. The van der Waals surface area contributed by atoms with E-state index in [1.807, 2.05) is 47.4 Å². The van der Waals surface area contributed by atoms with Crippen molar-refractivity contribution in [1.82, 2.24) is 9.88 Å². The standard InChI is InChI=1S/C23H24N2O3S/c1-27-19-12-10-16(15-20(19)28-2)11-13-22(26)25-14-6-5-8-18(25)23-24-17-7-3-4-9-21(17)29-23/h3-4,7,9-13,15,18H,5-6,8,14H2,1-2H3/b13-11+. The maximum absolute atomic E-state index is 13.0. The summed E-state index contributed by atoms with van der Waals surface area (Å²) in [5.74, 6) is 1.33. The van der Waals surface area contributed by atoms with Gasteiger partial charge in [0.15, 0.2) is 11.5 Å². The summed E-state index contributed by atoms with van der Waals surface area (Å²) >= 11 is 1.69. The van der Waals surface area contributed by atoms with Gasteiger partial charge in [0.1, 0.15) is 5.01 Å². The minimum Gasteiger partial charge on any atom is -0.493 e. The molecule has 2 heterocycles. The lowest BCUT2D eigenvalue weighted by molar-refractivity contribution is -0.129. The van der Waals surface area contributed by atoms with Gasteiger partial charge in [0, 0.05) is 12.6 Å². The highest BCUT2D eigenvalue weighted by atomic mass is 32.1. The Morgan fingerprint density at radius 1 is 1.14 bits per heavy atom. The number of piperidine rings is 1. The van der Waals surface area contributed by atoms with Crippen molar-refractivity contribution < 1.29 is 14.3 Å². The average Bonchev–Trinajstić information content (AvgIpc) is 3.21. The van der Waals surface area contributed by atoms with E-state index in [2.05, 4.69) is 6.07 Å². The van der Waals surface area contributed by atoms with Crippen LogP contribution >= 0.6 is 11.3 Å². The summed E-state index contributed by atoms with van der Waals surface area (Å²) in [6.45, 7) is 0.760. The highest BCUT2D eigenvalue weighted by Gasteiger charge is 2.29. The van der Waals surface area contributed by atoms with E-state index in [4.69, 9.17) is 14.5 Å². The van der Waals surface area contributed by atoms with Crippen molar-refractivity contribution in [2.45, 2.75) is 25.3 Å². The molecule has 29 heavy (non-hydrogen) atoms. The Bertz CT molecular complexity index is 1010. The quantitative estimate of drug-likeness (QED) is 0.553. The van der Waals surface area contributed by atoms with Crippen LogP contribution in [0.25, 0.3) is 16.3 Å². The van der Waals surface area contributed by atoms with E-state index in [1.165, 1.54) is 4.70 Å². The van der Waals surface area contributed by atoms with Crippen LogP contribution in [0.5, 0.6) is 11.5 Å². The van der Waals surface area contributed by atoms with Crippen LogP contribution in [0.3, 0.4) is 0 Å². The van der Waals surface area contributed by atoms with Crippen molar-refractivity contribution in [1.29, 1.82) is 0 Å². The molecule has 150 valence electrons. The van der Waals surface area contributed by atoms with Gasteiger partial charge in [-0.3, -0.25) is 4.79 Å². The third-order valence-corrected chi connectivity index (χ3v) is 6.34. The molecule has 0 spiro atoms. The van der Waals surface area contributed by atoms with Crippen molar-refractivity contribution in [3.63, 3.8) is 0 Å². The largest absolute Gasteiger partial charge is 0.493 e. The van der Waals surface area contributed by atoms with Crippen LogP contribution in [-0.4, -0.2) is 36.6 Å². The number of likely N-dealkylation sites (tertiary alicyclic amines) is 1. The number of methoxy groups -OCH3 is 2. The zero-order chi connectivity index (χ0) is 20.2. The highest BCUT2D eigenvalue weighted by Crippen LogP contribution is 2.36. The first-order valence-corrected chi connectivity index (χ1v) is 10.6. The van der Waals surface area contributed by atoms with Gasteiger partial charge in [-0.05, 0) is 55.2 Å².